The van der Waals surface area contributed by atoms with Crippen molar-refractivity contribution < 1.29 is 13.2 Å². The van der Waals surface area contributed by atoms with Gasteiger partial charge in [0.25, 0.3) is 10.0 Å². The maximum atomic E-state index is 12.6. The summed E-state index contributed by atoms with van der Waals surface area (Å²) in [5.41, 5.74) is 5.29. The molecule has 1 unspecified atom stereocenters. The maximum absolute atomic E-state index is 12.6. The van der Waals surface area contributed by atoms with Gasteiger partial charge in [0.05, 0.1) is 16.6 Å². The van der Waals surface area contributed by atoms with Crippen LogP contribution in [0.4, 0.5) is 5.69 Å². The zero-order valence-electron chi connectivity index (χ0n) is 18.2. The van der Waals surface area contributed by atoms with E-state index in [1.165, 1.54) is 11.9 Å². The summed E-state index contributed by atoms with van der Waals surface area (Å²) in [7, 11) is -3.66. The number of hydrogen-bond acceptors (Lipinski definition) is 4. The summed E-state index contributed by atoms with van der Waals surface area (Å²) in [6, 6.07) is 21.7. The van der Waals surface area contributed by atoms with Crippen LogP contribution in [0.25, 0.3) is 0 Å². The fourth-order valence-electron chi connectivity index (χ4n) is 3.69. The van der Waals surface area contributed by atoms with Crippen molar-refractivity contribution in [1.82, 2.24) is 5.01 Å². The number of hydrogen-bond donors (Lipinski definition) is 1. The summed E-state index contributed by atoms with van der Waals surface area (Å²) in [5.74, 6) is -0.118. The van der Waals surface area contributed by atoms with Crippen molar-refractivity contribution in [1.29, 1.82) is 0 Å². The number of sulfonamides is 1. The second-order valence-corrected chi connectivity index (χ2v) is 9.72. The highest BCUT2D eigenvalue weighted by Gasteiger charge is 2.31. The summed E-state index contributed by atoms with van der Waals surface area (Å²) in [6.45, 7) is 5.44. The van der Waals surface area contributed by atoms with Crippen LogP contribution in [0.1, 0.15) is 41.6 Å². The third-order valence-electron chi connectivity index (χ3n) is 5.50. The second-order valence-electron chi connectivity index (χ2n) is 8.04. The van der Waals surface area contributed by atoms with Crippen LogP contribution in [-0.4, -0.2) is 25.0 Å². The molecule has 0 saturated heterocycles. The van der Waals surface area contributed by atoms with Crippen LogP contribution >= 0.6 is 0 Å². The predicted octanol–water partition coefficient (Wildman–Crippen LogP) is 4.80. The van der Waals surface area contributed by atoms with Gasteiger partial charge in [0.1, 0.15) is 0 Å². The van der Waals surface area contributed by atoms with Crippen LogP contribution in [-0.2, 0) is 14.8 Å². The van der Waals surface area contributed by atoms with Crippen LogP contribution in [0.2, 0.25) is 0 Å². The standard InChI is InChI=1S/C25H25N3O3S/c1-17-4-8-21(9-5-17)25-16-24(26-28(25)19(3)29)20-10-12-22(13-11-20)27-32(30,31)23-14-6-18(2)7-15-23/h4-15,25,27H,16H2,1-3H3. The quantitative estimate of drug-likeness (QED) is 0.610. The van der Waals surface area contributed by atoms with Crippen molar-refractivity contribution in [3.8, 4) is 0 Å². The highest BCUT2D eigenvalue weighted by Crippen LogP contribution is 2.33. The number of nitrogens with one attached hydrogen (secondary N) is 1. The highest BCUT2D eigenvalue weighted by molar-refractivity contribution is 7.92. The molecule has 1 N–H and O–H groups in total. The number of nitrogens with zero attached hydrogens (tertiary/aromatic N) is 2. The number of carbonyl (C=O) groups excluding carboxylic acids is 1. The summed E-state index contributed by atoms with van der Waals surface area (Å²) in [4.78, 5) is 12.4. The van der Waals surface area contributed by atoms with Crippen molar-refractivity contribution in [2.24, 2.45) is 5.10 Å². The minimum atomic E-state index is -3.66. The third-order valence-corrected chi connectivity index (χ3v) is 6.89. The molecule has 164 valence electrons. The summed E-state index contributed by atoms with van der Waals surface area (Å²) in [5, 5.41) is 6.08. The molecular weight excluding hydrogens is 422 g/mol. The van der Waals surface area contributed by atoms with Gasteiger partial charge in [-0.05, 0) is 49.2 Å². The molecule has 0 aromatic heterocycles. The Labute approximate surface area is 188 Å². The van der Waals surface area contributed by atoms with Gasteiger partial charge in [-0.15, -0.1) is 0 Å². The first kappa shape index (κ1) is 21.8. The number of benzene rings is 3. The smallest absolute Gasteiger partial charge is 0.261 e. The predicted molar refractivity (Wildman–Crippen MR) is 126 cm³/mol. The number of amides is 1. The Morgan fingerprint density at radius 1 is 0.906 bits per heavy atom. The van der Waals surface area contributed by atoms with Gasteiger partial charge >= 0.3 is 0 Å². The van der Waals surface area contributed by atoms with Crippen LogP contribution in [0.15, 0.2) is 82.8 Å². The van der Waals surface area contributed by atoms with Crippen LogP contribution in [0.5, 0.6) is 0 Å². The minimum absolute atomic E-state index is 0.118. The van der Waals surface area contributed by atoms with Gasteiger partial charge in [-0.3, -0.25) is 9.52 Å². The van der Waals surface area contributed by atoms with Crippen molar-refractivity contribution in [2.45, 2.75) is 38.1 Å². The van der Waals surface area contributed by atoms with Gasteiger partial charge in [-0.2, -0.15) is 5.10 Å². The van der Waals surface area contributed by atoms with Gasteiger partial charge in [0, 0.05) is 19.0 Å². The van der Waals surface area contributed by atoms with Crippen LogP contribution < -0.4 is 4.72 Å². The van der Waals surface area contributed by atoms with Crippen molar-refractivity contribution in [3.63, 3.8) is 0 Å². The Balaban J connectivity index is 1.53. The molecule has 0 spiro atoms. The Morgan fingerprint density at radius 3 is 2.03 bits per heavy atom. The van der Waals surface area contributed by atoms with E-state index in [0.717, 1.165) is 28.0 Å². The van der Waals surface area contributed by atoms with E-state index in [0.29, 0.717) is 12.1 Å². The molecular formula is C25H25N3O3S. The van der Waals surface area contributed by atoms with Crippen molar-refractivity contribution in [2.75, 3.05) is 4.72 Å². The van der Waals surface area contributed by atoms with Gasteiger partial charge in [-0.25, -0.2) is 13.4 Å². The molecule has 0 aliphatic carbocycles. The fraction of sp³-hybridized carbons (Fsp3) is 0.200. The lowest BCUT2D eigenvalue weighted by atomic mass is 9.97. The van der Waals surface area contributed by atoms with Gasteiger partial charge < -0.3 is 0 Å². The lowest BCUT2D eigenvalue weighted by molar-refractivity contribution is -0.130. The molecule has 32 heavy (non-hydrogen) atoms. The topological polar surface area (TPSA) is 78.8 Å². The number of anilines is 1. The van der Waals surface area contributed by atoms with Gasteiger partial charge in [0.15, 0.2) is 0 Å². The molecule has 3 aromatic carbocycles. The van der Waals surface area contributed by atoms with E-state index in [2.05, 4.69) is 9.82 Å². The molecule has 1 heterocycles. The Kier molecular flexibility index (Phi) is 5.84. The van der Waals surface area contributed by atoms with Crippen LogP contribution in [0, 0.1) is 13.8 Å². The number of rotatable bonds is 5. The molecule has 3 aromatic rings. The van der Waals surface area contributed by atoms with E-state index in [1.807, 2.05) is 50.2 Å². The normalized spacial score (nSPS) is 16.0. The maximum Gasteiger partial charge on any atom is 0.261 e. The zero-order chi connectivity index (χ0) is 22.9. The minimum Gasteiger partial charge on any atom is -0.280 e. The van der Waals surface area contributed by atoms with Gasteiger partial charge in [-0.1, -0.05) is 59.7 Å². The number of aryl methyl sites for hydroxylation is 2. The first-order chi connectivity index (χ1) is 15.2. The van der Waals surface area contributed by atoms with E-state index in [4.69, 9.17) is 0 Å². The number of hydrazone groups is 1. The molecule has 0 fully saturated rings. The van der Waals surface area contributed by atoms with Crippen LogP contribution in [0.3, 0.4) is 0 Å². The molecule has 7 heteroatoms. The lowest BCUT2D eigenvalue weighted by Gasteiger charge is -2.20. The fourth-order valence-corrected chi connectivity index (χ4v) is 4.74. The first-order valence-electron chi connectivity index (χ1n) is 10.4. The molecule has 1 aliphatic heterocycles. The van der Waals surface area contributed by atoms with Crippen molar-refractivity contribution in [3.05, 3.63) is 95.1 Å². The molecule has 1 aliphatic rings. The monoisotopic (exact) mass is 447 g/mol. The Morgan fingerprint density at radius 2 is 1.47 bits per heavy atom. The molecule has 1 amide bonds. The highest BCUT2D eigenvalue weighted by atomic mass is 32.2. The van der Waals surface area contributed by atoms with E-state index in [1.54, 1.807) is 36.4 Å². The molecule has 0 bridgehead atoms. The summed E-state index contributed by atoms with van der Waals surface area (Å²) < 4.78 is 27.8. The van der Waals surface area contributed by atoms with E-state index >= 15 is 0 Å². The third kappa shape index (κ3) is 4.57. The molecule has 0 saturated carbocycles. The number of carbonyl (C=O) groups is 1. The second kappa shape index (κ2) is 8.59. The summed E-state index contributed by atoms with van der Waals surface area (Å²) >= 11 is 0. The van der Waals surface area contributed by atoms with E-state index in [9.17, 15) is 13.2 Å². The Hall–Kier alpha value is -3.45. The average Bonchev–Trinajstić information content (AvgIpc) is 3.21. The largest absolute Gasteiger partial charge is 0.280 e. The molecule has 4 rings (SSSR count). The van der Waals surface area contributed by atoms with Crippen molar-refractivity contribution >= 4 is 27.3 Å². The lowest BCUT2D eigenvalue weighted by Crippen LogP contribution is -2.24. The zero-order valence-corrected chi connectivity index (χ0v) is 19.1. The van der Waals surface area contributed by atoms with E-state index < -0.39 is 10.0 Å². The van der Waals surface area contributed by atoms with E-state index in [-0.39, 0.29) is 16.8 Å². The van der Waals surface area contributed by atoms with Gasteiger partial charge in [0.2, 0.25) is 5.91 Å². The Bertz CT molecular complexity index is 1260. The molecule has 1 atom stereocenters. The molecule has 6 nitrogen and oxygen atoms in total. The molecule has 0 radical (unpaired) electrons. The average molecular weight is 448 g/mol. The SMILES string of the molecule is CC(=O)N1N=C(c2ccc(NS(=O)(=O)c3ccc(C)cc3)cc2)CC1c1ccc(C)cc1. The first-order valence-corrected chi connectivity index (χ1v) is 11.8. The summed E-state index contributed by atoms with van der Waals surface area (Å²) in [6.07, 6.45) is 0.594.